The van der Waals surface area contributed by atoms with E-state index in [1.165, 1.54) is 14.2 Å². The van der Waals surface area contributed by atoms with Gasteiger partial charge in [0.2, 0.25) is 5.82 Å². The second-order valence-electron chi connectivity index (χ2n) is 4.70. The molecular weight excluding hydrogens is 316 g/mol. The Morgan fingerprint density at radius 3 is 2.25 bits per heavy atom. The number of aromatic amines is 1. The van der Waals surface area contributed by atoms with Crippen LogP contribution in [0.15, 0.2) is 16.9 Å². The van der Waals surface area contributed by atoms with E-state index in [9.17, 15) is 9.59 Å². The van der Waals surface area contributed by atoms with E-state index in [0.717, 1.165) is 0 Å². The van der Waals surface area contributed by atoms with Gasteiger partial charge in [-0.1, -0.05) is 0 Å². The molecule has 0 spiro atoms. The fourth-order valence-electron chi connectivity index (χ4n) is 2.24. The van der Waals surface area contributed by atoms with E-state index in [1.807, 2.05) is 0 Å². The van der Waals surface area contributed by atoms with Crippen LogP contribution in [0.1, 0.15) is 17.5 Å². The summed E-state index contributed by atoms with van der Waals surface area (Å²) in [6.45, 7) is 1.82. The van der Waals surface area contributed by atoms with Crippen molar-refractivity contribution in [1.82, 2.24) is 19.9 Å². The standard InChI is InChI=1S/C15H14N4O5/c1-4-24-15(21)13-18-12-11(14(20)19-13)16-9-7(22-2)5-6-8(23-3)10(9)17-12/h5-6H,4H2,1-3H3,(H,17,18,19,20). The Bertz CT molecular complexity index is 998. The molecule has 0 amide bonds. The number of hydrogen-bond donors (Lipinski definition) is 1. The Balaban J connectivity index is 2.34. The molecule has 1 N–H and O–H groups in total. The average molecular weight is 330 g/mol. The molecule has 9 nitrogen and oxygen atoms in total. The maximum absolute atomic E-state index is 12.2. The van der Waals surface area contributed by atoms with Gasteiger partial charge in [-0.25, -0.2) is 19.7 Å². The van der Waals surface area contributed by atoms with Crippen LogP contribution in [0.2, 0.25) is 0 Å². The SMILES string of the molecule is CCOC(=O)c1nc2nc3c(OC)ccc(OC)c3nc2c(=O)[nH]1. The molecule has 3 rings (SSSR count). The lowest BCUT2D eigenvalue weighted by molar-refractivity contribution is 0.0512. The molecular formula is C15H14N4O5. The summed E-state index contributed by atoms with van der Waals surface area (Å²) < 4.78 is 15.3. The predicted octanol–water partition coefficient (Wildman–Crippen LogP) is 1.06. The van der Waals surface area contributed by atoms with Gasteiger partial charge in [0, 0.05) is 0 Å². The summed E-state index contributed by atoms with van der Waals surface area (Å²) in [5.41, 5.74) is 0.142. The molecule has 1 aromatic carbocycles. The summed E-state index contributed by atoms with van der Waals surface area (Å²) in [5.74, 6) is -0.0881. The summed E-state index contributed by atoms with van der Waals surface area (Å²) in [5, 5.41) is 0. The zero-order valence-electron chi connectivity index (χ0n) is 13.2. The molecule has 0 unspecified atom stereocenters. The number of fused-ring (bicyclic) bond motifs is 2. The van der Waals surface area contributed by atoms with E-state index in [2.05, 4.69) is 19.9 Å². The van der Waals surface area contributed by atoms with Crippen LogP contribution in [0.4, 0.5) is 0 Å². The Labute approximate surface area is 135 Å². The highest BCUT2D eigenvalue weighted by atomic mass is 16.5. The van der Waals surface area contributed by atoms with Crippen molar-refractivity contribution in [3.63, 3.8) is 0 Å². The number of rotatable bonds is 4. The number of methoxy groups -OCH3 is 2. The van der Waals surface area contributed by atoms with E-state index in [1.54, 1.807) is 19.1 Å². The molecule has 124 valence electrons. The number of ether oxygens (including phenoxy) is 3. The third-order valence-electron chi connectivity index (χ3n) is 3.30. The average Bonchev–Trinajstić information content (AvgIpc) is 2.59. The number of carbonyl (C=O) groups excluding carboxylic acids is 1. The van der Waals surface area contributed by atoms with Crippen molar-refractivity contribution >= 4 is 28.2 Å². The van der Waals surface area contributed by atoms with Crippen LogP contribution in [0.5, 0.6) is 11.5 Å². The van der Waals surface area contributed by atoms with Gasteiger partial charge in [-0.05, 0) is 19.1 Å². The largest absolute Gasteiger partial charge is 0.494 e. The molecule has 0 radical (unpaired) electrons. The van der Waals surface area contributed by atoms with Crippen LogP contribution in [-0.4, -0.2) is 46.7 Å². The lowest BCUT2D eigenvalue weighted by Crippen LogP contribution is -2.19. The second kappa shape index (κ2) is 6.11. The topological polar surface area (TPSA) is 116 Å². The van der Waals surface area contributed by atoms with E-state index < -0.39 is 11.5 Å². The molecule has 2 heterocycles. The number of hydrogen-bond acceptors (Lipinski definition) is 8. The van der Waals surface area contributed by atoms with Crippen LogP contribution in [0, 0.1) is 0 Å². The molecule has 0 fully saturated rings. The van der Waals surface area contributed by atoms with Crippen LogP contribution in [-0.2, 0) is 4.74 Å². The fraction of sp³-hybridized carbons (Fsp3) is 0.267. The highest BCUT2D eigenvalue weighted by Gasteiger charge is 2.17. The molecule has 9 heteroatoms. The van der Waals surface area contributed by atoms with Gasteiger partial charge in [-0.15, -0.1) is 0 Å². The number of benzene rings is 1. The van der Waals surface area contributed by atoms with Gasteiger partial charge in [0.25, 0.3) is 5.56 Å². The first-order chi connectivity index (χ1) is 11.6. The summed E-state index contributed by atoms with van der Waals surface area (Å²) in [6, 6.07) is 3.33. The summed E-state index contributed by atoms with van der Waals surface area (Å²) in [7, 11) is 2.97. The number of carbonyl (C=O) groups is 1. The number of nitrogens with one attached hydrogen (secondary N) is 1. The minimum Gasteiger partial charge on any atom is -0.494 e. The van der Waals surface area contributed by atoms with E-state index in [-0.39, 0.29) is 23.6 Å². The number of esters is 1. The molecule has 24 heavy (non-hydrogen) atoms. The second-order valence-corrected chi connectivity index (χ2v) is 4.70. The van der Waals surface area contributed by atoms with Crippen molar-refractivity contribution in [3.05, 3.63) is 28.3 Å². The van der Waals surface area contributed by atoms with Crippen molar-refractivity contribution in [2.24, 2.45) is 0 Å². The molecule has 0 aliphatic rings. The van der Waals surface area contributed by atoms with Crippen LogP contribution >= 0.6 is 0 Å². The first-order valence-electron chi connectivity index (χ1n) is 7.09. The van der Waals surface area contributed by atoms with E-state index in [4.69, 9.17) is 14.2 Å². The summed E-state index contributed by atoms with van der Waals surface area (Å²) in [4.78, 5) is 39.0. The van der Waals surface area contributed by atoms with E-state index in [0.29, 0.717) is 22.5 Å². The Hall–Kier alpha value is -3.23. The Kier molecular flexibility index (Phi) is 3.98. The van der Waals surface area contributed by atoms with Crippen LogP contribution < -0.4 is 15.0 Å². The lowest BCUT2D eigenvalue weighted by atomic mass is 10.2. The quantitative estimate of drug-likeness (QED) is 0.557. The molecule has 0 bridgehead atoms. The Morgan fingerprint density at radius 1 is 1.04 bits per heavy atom. The number of aromatic nitrogens is 4. The van der Waals surface area contributed by atoms with Gasteiger partial charge in [0.1, 0.15) is 22.5 Å². The normalized spacial score (nSPS) is 10.8. The van der Waals surface area contributed by atoms with Gasteiger partial charge in [-0.2, -0.15) is 0 Å². The van der Waals surface area contributed by atoms with Gasteiger partial charge in [0.05, 0.1) is 20.8 Å². The first-order valence-corrected chi connectivity index (χ1v) is 7.09. The monoisotopic (exact) mass is 330 g/mol. The van der Waals surface area contributed by atoms with Gasteiger partial charge in [-0.3, -0.25) is 9.78 Å². The smallest absolute Gasteiger partial charge is 0.374 e. The Morgan fingerprint density at radius 2 is 1.67 bits per heavy atom. The molecule has 0 saturated heterocycles. The van der Waals surface area contributed by atoms with Crippen molar-refractivity contribution in [2.75, 3.05) is 20.8 Å². The molecule has 3 aromatic rings. The third kappa shape index (κ3) is 2.49. The highest BCUT2D eigenvalue weighted by molar-refractivity contribution is 5.93. The van der Waals surface area contributed by atoms with Crippen molar-refractivity contribution in [2.45, 2.75) is 6.92 Å². The first kappa shape index (κ1) is 15.7. The van der Waals surface area contributed by atoms with E-state index >= 15 is 0 Å². The van der Waals surface area contributed by atoms with Gasteiger partial charge in [0.15, 0.2) is 11.2 Å². The van der Waals surface area contributed by atoms with Crippen LogP contribution in [0.25, 0.3) is 22.2 Å². The minimum absolute atomic E-state index is 0.0119. The molecule has 0 atom stereocenters. The number of H-pyrrole nitrogens is 1. The van der Waals surface area contributed by atoms with Gasteiger partial charge < -0.3 is 14.2 Å². The molecule has 0 saturated carbocycles. The molecule has 2 aromatic heterocycles. The maximum Gasteiger partial charge on any atom is 0.374 e. The van der Waals surface area contributed by atoms with Crippen molar-refractivity contribution in [3.8, 4) is 11.5 Å². The van der Waals surface area contributed by atoms with Gasteiger partial charge >= 0.3 is 5.97 Å². The highest BCUT2D eigenvalue weighted by Crippen LogP contribution is 2.30. The summed E-state index contributed by atoms with van der Waals surface area (Å²) >= 11 is 0. The fourth-order valence-corrected chi connectivity index (χ4v) is 2.24. The molecule has 0 aliphatic heterocycles. The predicted molar refractivity (Wildman–Crippen MR) is 84.5 cm³/mol. The number of nitrogens with zero attached hydrogens (tertiary/aromatic N) is 3. The minimum atomic E-state index is -0.740. The van der Waals surface area contributed by atoms with Crippen LogP contribution in [0.3, 0.4) is 0 Å². The van der Waals surface area contributed by atoms with Crippen molar-refractivity contribution in [1.29, 1.82) is 0 Å². The lowest BCUT2D eigenvalue weighted by Gasteiger charge is -2.09. The van der Waals surface area contributed by atoms with Crippen molar-refractivity contribution < 1.29 is 19.0 Å². The zero-order valence-corrected chi connectivity index (χ0v) is 13.2. The molecule has 0 aliphatic carbocycles. The maximum atomic E-state index is 12.2. The summed E-state index contributed by atoms with van der Waals surface area (Å²) in [6.07, 6.45) is 0. The zero-order chi connectivity index (χ0) is 17.3. The third-order valence-corrected chi connectivity index (χ3v) is 3.30.